The summed E-state index contributed by atoms with van der Waals surface area (Å²) in [6.45, 7) is 1.63. The van der Waals surface area contributed by atoms with Gasteiger partial charge in [-0.15, -0.1) is 0 Å². The molecule has 1 heterocycles. The third kappa shape index (κ3) is 4.00. The molecule has 0 spiro atoms. The molecule has 0 bridgehead atoms. The number of nitrogens with zero attached hydrogens (tertiary/aromatic N) is 2. The molecule has 0 aromatic heterocycles. The number of aliphatic imine (C=N–C) groups is 1. The fourth-order valence-electron chi connectivity index (χ4n) is 3.02. The van der Waals surface area contributed by atoms with Gasteiger partial charge >= 0.3 is 0 Å². The summed E-state index contributed by atoms with van der Waals surface area (Å²) in [6, 6.07) is 15.0. The largest absolute Gasteiger partial charge is 0.356 e. The van der Waals surface area contributed by atoms with Crippen molar-refractivity contribution in [3.8, 4) is 0 Å². The van der Waals surface area contributed by atoms with E-state index in [1.165, 1.54) is 23.4 Å². The average Bonchev–Trinajstić information content (AvgIpc) is 3.02. The molecule has 1 aliphatic heterocycles. The van der Waals surface area contributed by atoms with Gasteiger partial charge in [0.25, 0.3) is 0 Å². The Morgan fingerprint density at radius 1 is 1.20 bits per heavy atom. The predicted molar refractivity (Wildman–Crippen MR) is 100 cm³/mol. The van der Waals surface area contributed by atoms with Gasteiger partial charge in [-0.1, -0.05) is 30.3 Å². The summed E-state index contributed by atoms with van der Waals surface area (Å²) in [7, 11) is -1.86. The molecule has 0 amide bonds. The highest BCUT2D eigenvalue weighted by Gasteiger charge is 2.22. The van der Waals surface area contributed by atoms with Gasteiger partial charge in [0.1, 0.15) is 0 Å². The van der Waals surface area contributed by atoms with E-state index >= 15 is 0 Å². The molecule has 7 heteroatoms. The number of anilines is 1. The fraction of sp³-hybridized carbons (Fsp3) is 0.278. The van der Waals surface area contributed by atoms with Gasteiger partial charge in [0.15, 0.2) is 5.96 Å². The maximum Gasteiger partial charge on any atom is 0.238 e. The molecule has 1 aliphatic rings. The second-order valence-electron chi connectivity index (χ2n) is 5.94. The Morgan fingerprint density at radius 2 is 1.92 bits per heavy atom. The summed E-state index contributed by atoms with van der Waals surface area (Å²) in [5.41, 5.74) is 3.58. The van der Waals surface area contributed by atoms with E-state index in [4.69, 9.17) is 5.14 Å². The number of sulfonamides is 1. The molecule has 0 atom stereocenters. The maximum atomic E-state index is 11.3. The molecular formula is C18H22N4O2S. The number of para-hydroxylation sites is 1. The number of nitrogens with one attached hydrogen (secondary N) is 1. The Kier molecular flexibility index (Phi) is 5.06. The molecular weight excluding hydrogens is 336 g/mol. The lowest BCUT2D eigenvalue weighted by atomic mass is 10.1. The molecule has 0 saturated carbocycles. The average molecular weight is 358 g/mol. The van der Waals surface area contributed by atoms with Crippen molar-refractivity contribution in [3.05, 3.63) is 59.7 Å². The van der Waals surface area contributed by atoms with E-state index in [0.717, 1.165) is 30.9 Å². The van der Waals surface area contributed by atoms with Crippen molar-refractivity contribution < 1.29 is 8.42 Å². The van der Waals surface area contributed by atoms with Crippen LogP contribution in [-0.2, 0) is 22.9 Å². The van der Waals surface area contributed by atoms with Crippen molar-refractivity contribution in [3.63, 3.8) is 0 Å². The van der Waals surface area contributed by atoms with Crippen LogP contribution in [0.3, 0.4) is 0 Å². The number of fused-ring (bicyclic) bond motifs is 1. The highest BCUT2D eigenvalue weighted by molar-refractivity contribution is 7.89. The summed E-state index contributed by atoms with van der Waals surface area (Å²) < 4.78 is 22.6. The molecule has 3 rings (SSSR count). The standard InChI is InChI=1S/C18H22N4O2S/c1-20-18(22-13-11-15-4-2-3-5-17(15)22)21-12-10-14-6-8-16(9-7-14)25(19,23)24/h2-9H,10-13H2,1H3,(H,20,21)(H2,19,23,24). The minimum Gasteiger partial charge on any atom is -0.356 e. The fourth-order valence-corrected chi connectivity index (χ4v) is 3.53. The Labute approximate surface area is 148 Å². The molecule has 0 radical (unpaired) electrons. The molecule has 2 aromatic carbocycles. The van der Waals surface area contributed by atoms with Crippen LogP contribution in [-0.4, -0.2) is 34.5 Å². The quantitative estimate of drug-likeness (QED) is 0.641. The van der Waals surface area contributed by atoms with E-state index in [-0.39, 0.29) is 4.90 Å². The summed E-state index contributed by atoms with van der Waals surface area (Å²) in [4.78, 5) is 6.71. The lowest BCUT2D eigenvalue weighted by Crippen LogP contribution is -2.41. The van der Waals surface area contributed by atoms with Gasteiger partial charge in [0.2, 0.25) is 10.0 Å². The zero-order valence-corrected chi connectivity index (χ0v) is 15.0. The summed E-state index contributed by atoms with van der Waals surface area (Å²) in [5.74, 6) is 0.853. The van der Waals surface area contributed by atoms with E-state index < -0.39 is 10.0 Å². The number of nitrogens with two attached hydrogens (primary N) is 1. The highest BCUT2D eigenvalue weighted by atomic mass is 32.2. The van der Waals surface area contributed by atoms with E-state index in [0.29, 0.717) is 6.54 Å². The van der Waals surface area contributed by atoms with E-state index in [1.807, 2.05) is 6.07 Å². The first-order valence-corrected chi connectivity index (χ1v) is 9.71. The van der Waals surface area contributed by atoms with Crippen LogP contribution in [0.1, 0.15) is 11.1 Å². The van der Waals surface area contributed by atoms with Crippen LogP contribution in [0.5, 0.6) is 0 Å². The zero-order valence-electron chi connectivity index (χ0n) is 14.1. The van der Waals surface area contributed by atoms with Crippen molar-refractivity contribution in [1.82, 2.24) is 5.32 Å². The molecule has 0 unspecified atom stereocenters. The van der Waals surface area contributed by atoms with E-state index in [1.54, 1.807) is 19.2 Å². The maximum absolute atomic E-state index is 11.3. The minimum absolute atomic E-state index is 0.133. The van der Waals surface area contributed by atoms with Gasteiger partial charge in [-0.3, -0.25) is 4.99 Å². The minimum atomic E-state index is -3.64. The van der Waals surface area contributed by atoms with Crippen LogP contribution in [0.4, 0.5) is 5.69 Å². The lowest BCUT2D eigenvalue weighted by molar-refractivity contribution is 0.598. The third-order valence-electron chi connectivity index (χ3n) is 4.30. The first-order chi connectivity index (χ1) is 12.0. The van der Waals surface area contributed by atoms with Crippen molar-refractivity contribution in [2.24, 2.45) is 10.1 Å². The van der Waals surface area contributed by atoms with Gasteiger partial charge in [0, 0.05) is 25.8 Å². The second-order valence-corrected chi connectivity index (χ2v) is 7.50. The topological polar surface area (TPSA) is 87.8 Å². The number of rotatable bonds is 4. The van der Waals surface area contributed by atoms with Crippen molar-refractivity contribution in [2.75, 3.05) is 25.0 Å². The normalized spacial score (nSPS) is 14.5. The van der Waals surface area contributed by atoms with Gasteiger partial charge in [-0.2, -0.15) is 0 Å². The van der Waals surface area contributed by atoms with Gasteiger partial charge < -0.3 is 10.2 Å². The van der Waals surface area contributed by atoms with Crippen molar-refractivity contribution in [2.45, 2.75) is 17.7 Å². The molecule has 0 aliphatic carbocycles. The van der Waals surface area contributed by atoms with Crippen LogP contribution < -0.4 is 15.4 Å². The number of primary sulfonamides is 1. The number of guanidine groups is 1. The zero-order chi connectivity index (χ0) is 17.9. The second kappa shape index (κ2) is 7.25. The number of benzene rings is 2. The first-order valence-electron chi connectivity index (χ1n) is 8.17. The smallest absolute Gasteiger partial charge is 0.238 e. The number of hydrogen-bond donors (Lipinski definition) is 2. The highest BCUT2D eigenvalue weighted by Crippen LogP contribution is 2.27. The van der Waals surface area contributed by atoms with Crippen molar-refractivity contribution >= 4 is 21.7 Å². The Balaban J connectivity index is 1.60. The van der Waals surface area contributed by atoms with Crippen LogP contribution in [0.25, 0.3) is 0 Å². The molecule has 0 saturated heterocycles. The SMILES string of the molecule is CN=C(NCCc1ccc(S(N)(=O)=O)cc1)N1CCc2ccccc21. The first kappa shape index (κ1) is 17.4. The molecule has 6 nitrogen and oxygen atoms in total. The molecule has 2 aromatic rings. The van der Waals surface area contributed by atoms with Crippen molar-refractivity contribution in [1.29, 1.82) is 0 Å². The van der Waals surface area contributed by atoms with E-state index in [2.05, 4.69) is 33.4 Å². The summed E-state index contributed by atoms with van der Waals surface area (Å²) in [5, 5.41) is 8.49. The number of hydrogen-bond acceptors (Lipinski definition) is 3. The molecule has 3 N–H and O–H groups in total. The lowest BCUT2D eigenvalue weighted by Gasteiger charge is -2.22. The van der Waals surface area contributed by atoms with Crippen LogP contribution in [0.15, 0.2) is 58.4 Å². The predicted octanol–water partition coefficient (Wildman–Crippen LogP) is 1.51. The Morgan fingerprint density at radius 3 is 2.60 bits per heavy atom. The summed E-state index contributed by atoms with van der Waals surface area (Å²) >= 11 is 0. The third-order valence-corrected chi connectivity index (χ3v) is 5.23. The Hall–Kier alpha value is -2.38. The molecule has 25 heavy (non-hydrogen) atoms. The van der Waals surface area contributed by atoms with Crippen LogP contribution in [0, 0.1) is 0 Å². The van der Waals surface area contributed by atoms with Gasteiger partial charge in [-0.25, -0.2) is 13.6 Å². The monoisotopic (exact) mass is 358 g/mol. The molecule has 0 fully saturated rings. The van der Waals surface area contributed by atoms with Crippen LogP contribution in [0.2, 0.25) is 0 Å². The van der Waals surface area contributed by atoms with E-state index in [9.17, 15) is 8.42 Å². The summed E-state index contributed by atoms with van der Waals surface area (Å²) in [6.07, 6.45) is 1.78. The Bertz CT molecular complexity index is 876. The van der Waals surface area contributed by atoms with Gasteiger partial charge in [0.05, 0.1) is 4.90 Å². The van der Waals surface area contributed by atoms with Gasteiger partial charge in [-0.05, 0) is 42.2 Å². The van der Waals surface area contributed by atoms with Crippen LogP contribution >= 0.6 is 0 Å². The molecule has 132 valence electrons.